The number of carbonyl (C=O) groups is 1. The van der Waals surface area contributed by atoms with Crippen LogP contribution in [0.5, 0.6) is 11.5 Å². The SMILES string of the molecule is COc1ccccc1CNCC(=O)c1ccccc1OC. The van der Waals surface area contributed by atoms with E-state index in [0.717, 1.165) is 11.3 Å². The lowest BCUT2D eigenvalue weighted by molar-refractivity contribution is 0.0988. The average molecular weight is 285 g/mol. The van der Waals surface area contributed by atoms with Gasteiger partial charge in [0.15, 0.2) is 5.78 Å². The highest BCUT2D eigenvalue weighted by atomic mass is 16.5. The third-order valence-electron chi connectivity index (χ3n) is 3.20. The molecule has 0 aliphatic rings. The van der Waals surface area contributed by atoms with Crippen molar-refractivity contribution in [1.82, 2.24) is 5.32 Å². The second-order valence-electron chi connectivity index (χ2n) is 4.54. The van der Waals surface area contributed by atoms with Crippen molar-refractivity contribution in [3.63, 3.8) is 0 Å². The Hall–Kier alpha value is -2.33. The molecule has 0 aliphatic heterocycles. The van der Waals surface area contributed by atoms with Crippen molar-refractivity contribution in [2.45, 2.75) is 6.54 Å². The zero-order valence-corrected chi connectivity index (χ0v) is 12.3. The summed E-state index contributed by atoms with van der Waals surface area (Å²) in [6.45, 7) is 0.823. The van der Waals surface area contributed by atoms with Crippen LogP contribution in [0.15, 0.2) is 48.5 Å². The molecule has 0 amide bonds. The third-order valence-corrected chi connectivity index (χ3v) is 3.20. The Morgan fingerprint density at radius 1 is 0.952 bits per heavy atom. The van der Waals surface area contributed by atoms with Crippen LogP contribution in [0.2, 0.25) is 0 Å². The molecule has 4 heteroatoms. The molecule has 0 spiro atoms. The molecule has 21 heavy (non-hydrogen) atoms. The zero-order chi connectivity index (χ0) is 15.1. The van der Waals surface area contributed by atoms with Crippen LogP contribution in [0.4, 0.5) is 0 Å². The van der Waals surface area contributed by atoms with Crippen LogP contribution in [0.25, 0.3) is 0 Å². The van der Waals surface area contributed by atoms with E-state index in [9.17, 15) is 4.79 Å². The summed E-state index contributed by atoms with van der Waals surface area (Å²) in [5.41, 5.74) is 1.61. The number of nitrogens with one attached hydrogen (secondary N) is 1. The highest BCUT2D eigenvalue weighted by Gasteiger charge is 2.11. The minimum absolute atomic E-state index is 0.00217. The summed E-state index contributed by atoms with van der Waals surface area (Å²) >= 11 is 0. The minimum Gasteiger partial charge on any atom is -0.496 e. The Morgan fingerprint density at radius 3 is 2.29 bits per heavy atom. The first kappa shape index (κ1) is 15.1. The van der Waals surface area contributed by atoms with Gasteiger partial charge < -0.3 is 14.8 Å². The largest absolute Gasteiger partial charge is 0.496 e. The van der Waals surface area contributed by atoms with Gasteiger partial charge in [0, 0.05) is 12.1 Å². The van der Waals surface area contributed by atoms with Crippen molar-refractivity contribution in [3.8, 4) is 11.5 Å². The van der Waals surface area contributed by atoms with Crippen LogP contribution in [0, 0.1) is 0 Å². The Balaban J connectivity index is 1.95. The lowest BCUT2D eigenvalue weighted by Gasteiger charge is -2.10. The summed E-state index contributed by atoms with van der Waals surface area (Å²) in [6.07, 6.45) is 0. The molecule has 0 heterocycles. The number of benzene rings is 2. The number of hydrogen-bond acceptors (Lipinski definition) is 4. The van der Waals surface area contributed by atoms with Crippen LogP contribution in [0.3, 0.4) is 0 Å². The predicted molar refractivity (Wildman–Crippen MR) is 82.0 cm³/mol. The summed E-state index contributed by atoms with van der Waals surface area (Å²) in [7, 11) is 3.20. The fraction of sp³-hybridized carbons (Fsp3) is 0.235. The maximum atomic E-state index is 12.2. The van der Waals surface area contributed by atoms with Crippen LogP contribution < -0.4 is 14.8 Å². The minimum atomic E-state index is 0.00217. The highest BCUT2D eigenvalue weighted by Crippen LogP contribution is 2.18. The molecule has 0 fully saturated rings. The van der Waals surface area contributed by atoms with Gasteiger partial charge in [0.2, 0.25) is 0 Å². The van der Waals surface area contributed by atoms with Crippen molar-refractivity contribution in [1.29, 1.82) is 0 Å². The van der Waals surface area contributed by atoms with Crippen molar-refractivity contribution in [2.24, 2.45) is 0 Å². The molecule has 0 saturated carbocycles. The molecule has 0 unspecified atom stereocenters. The van der Waals surface area contributed by atoms with E-state index in [4.69, 9.17) is 9.47 Å². The van der Waals surface area contributed by atoms with Gasteiger partial charge in [0.25, 0.3) is 0 Å². The molecular weight excluding hydrogens is 266 g/mol. The van der Waals surface area contributed by atoms with Gasteiger partial charge in [-0.25, -0.2) is 0 Å². The summed E-state index contributed by atoms with van der Waals surface area (Å²) in [4.78, 5) is 12.2. The van der Waals surface area contributed by atoms with Crippen molar-refractivity contribution >= 4 is 5.78 Å². The topological polar surface area (TPSA) is 47.6 Å². The Bertz CT molecular complexity index is 610. The number of carbonyl (C=O) groups excluding carboxylic acids is 1. The molecule has 0 saturated heterocycles. The lowest BCUT2D eigenvalue weighted by Crippen LogP contribution is -2.23. The van der Waals surface area contributed by atoms with E-state index >= 15 is 0 Å². The van der Waals surface area contributed by atoms with Crippen molar-refractivity contribution in [2.75, 3.05) is 20.8 Å². The molecule has 0 atom stereocenters. The normalized spacial score (nSPS) is 10.2. The van der Waals surface area contributed by atoms with E-state index in [1.54, 1.807) is 26.4 Å². The van der Waals surface area contributed by atoms with Gasteiger partial charge >= 0.3 is 0 Å². The van der Waals surface area contributed by atoms with E-state index in [1.807, 2.05) is 36.4 Å². The van der Waals surface area contributed by atoms with Gasteiger partial charge in [-0.2, -0.15) is 0 Å². The van der Waals surface area contributed by atoms with E-state index in [2.05, 4.69) is 5.32 Å². The molecule has 110 valence electrons. The van der Waals surface area contributed by atoms with Gasteiger partial charge in [-0.15, -0.1) is 0 Å². The summed E-state index contributed by atoms with van der Waals surface area (Å²) in [5, 5.41) is 3.14. The summed E-state index contributed by atoms with van der Waals surface area (Å²) in [5.74, 6) is 1.42. The van der Waals surface area contributed by atoms with E-state index < -0.39 is 0 Å². The summed E-state index contributed by atoms with van der Waals surface area (Å²) < 4.78 is 10.5. The molecule has 2 aromatic carbocycles. The first-order valence-electron chi connectivity index (χ1n) is 6.75. The van der Waals surface area contributed by atoms with Crippen LogP contribution >= 0.6 is 0 Å². The lowest BCUT2D eigenvalue weighted by atomic mass is 10.1. The number of rotatable bonds is 7. The summed E-state index contributed by atoms with van der Waals surface area (Å²) in [6, 6.07) is 15.0. The van der Waals surface area contributed by atoms with Crippen LogP contribution in [-0.2, 0) is 6.54 Å². The Kier molecular flexibility index (Phi) is 5.35. The Labute approximate surface area is 124 Å². The molecule has 2 rings (SSSR count). The molecule has 2 aromatic rings. The molecule has 0 aromatic heterocycles. The maximum absolute atomic E-state index is 12.2. The standard InChI is InChI=1S/C17H19NO3/c1-20-16-9-5-3-7-13(16)11-18-12-15(19)14-8-4-6-10-17(14)21-2/h3-10,18H,11-12H2,1-2H3. The monoisotopic (exact) mass is 285 g/mol. The fourth-order valence-electron chi connectivity index (χ4n) is 2.13. The molecule has 4 nitrogen and oxygen atoms in total. The molecular formula is C17H19NO3. The second-order valence-corrected chi connectivity index (χ2v) is 4.54. The molecule has 1 N–H and O–H groups in total. The molecule has 0 aliphatic carbocycles. The highest BCUT2D eigenvalue weighted by molar-refractivity contribution is 6.00. The van der Waals surface area contributed by atoms with E-state index in [1.165, 1.54) is 0 Å². The maximum Gasteiger partial charge on any atom is 0.180 e. The molecule has 0 bridgehead atoms. The van der Waals surface area contributed by atoms with Gasteiger partial charge in [0.1, 0.15) is 11.5 Å². The first-order chi connectivity index (χ1) is 10.3. The van der Waals surface area contributed by atoms with E-state index in [-0.39, 0.29) is 12.3 Å². The number of ketones is 1. The predicted octanol–water partition coefficient (Wildman–Crippen LogP) is 2.68. The number of ether oxygens (including phenoxy) is 2. The van der Waals surface area contributed by atoms with Gasteiger partial charge in [-0.05, 0) is 18.2 Å². The van der Waals surface area contributed by atoms with Crippen LogP contribution in [0.1, 0.15) is 15.9 Å². The smallest absolute Gasteiger partial charge is 0.180 e. The Morgan fingerprint density at radius 2 is 1.57 bits per heavy atom. The van der Waals surface area contributed by atoms with Crippen molar-refractivity contribution < 1.29 is 14.3 Å². The zero-order valence-electron chi connectivity index (χ0n) is 12.3. The quantitative estimate of drug-likeness (QED) is 0.795. The molecule has 0 radical (unpaired) electrons. The first-order valence-corrected chi connectivity index (χ1v) is 6.75. The fourth-order valence-corrected chi connectivity index (χ4v) is 2.13. The number of Topliss-reactive ketones (excluding diaryl/α,β-unsaturated/α-hetero) is 1. The van der Waals surface area contributed by atoms with Gasteiger partial charge in [-0.3, -0.25) is 4.79 Å². The third kappa shape index (κ3) is 3.83. The number of para-hydroxylation sites is 2. The number of methoxy groups -OCH3 is 2. The number of hydrogen-bond donors (Lipinski definition) is 1. The van der Waals surface area contributed by atoms with Crippen molar-refractivity contribution in [3.05, 3.63) is 59.7 Å². The van der Waals surface area contributed by atoms with E-state index in [0.29, 0.717) is 17.9 Å². The second kappa shape index (κ2) is 7.45. The van der Waals surface area contributed by atoms with Gasteiger partial charge in [-0.1, -0.05) is 30.3 Å². The van der Waals surface area contributed by atoms with Crippen LogP contribution in [-0.4, -0.2) is 26.5 Å². The average Bonchev–Trinajstić information content (AvgIpc) is 2.55. The van der Waals surface area contributed by atoms with Gasteiger partial charge in [0.05, 0.1) is 26.3 Å².